The van der Waals surface area contributed by atoms with E-state index in [0.717, 1.165) is 18.5 Å². The molecule has 3 aromatic heterocycles. The number of aromatic nitrogens is 5. The van der Waals surface area contributed by atoms with E-state index in [-0.39, 0.29) is 23.8 Å². The summed E-state index contributed by atoms with van der Waals surface area (Å²) in [6.45, 7) is 0.122. The first-order chi connectivity index (χ1) is 13.1. The second-order valence-electron chi connectivity index (χ2n) is 5.43. The Morgan fingerprint density at radius 3 is 2.81 bits per heavy atom. The SMILES string of the molecule is O=C(Nc1ccc(F)cn1)C1=CN(Oc2cncc(F)c2)Cn2ncnc21. The first kappa shape index (κ1) is 16.6. The van der Waals surface area contributed by atoms with Crippen LogP contribution in [0.4, 0.5) is 14.6 Å². The molecule has 0 unspecified atom stereocenters. The minimum absolute atomic E-state index is 0.122. The lowest BCUT2D eigenvalue weighted by molar-refractivity contribution is -0.111. The number of anilines is 1. The maximum absolute atomic E-state index is 13.3. The monoisotopic (exact) mass is 371 g/mol. The molecule has 0 aromatic carbocycles. The van der Waals surface area contributed by atoms with E-state index < -0.39 is 17.5 Å². The van der Waals surface area contributed by atoms with Crippen molar-refractivity contribution in [3.63, 3.8) is 0 Å². The highest BCUT2D eigenvalue weighted by molar-refractivity contribution is 6.24. The van der Waals surface area contributed by atoms with Gasteiger partial charge in [0.1, 0.15) is 36.0 Å². The molecule has 0 bridgehead atoms. The second kappa shape index (κ2) is 6.78. The van der Waals surface area contributed by atoms with Gasteiger partial charge >= 0.3 is 0 Å². The molecule has 0 spiro atoms. The van der Waals surface area contributed by atoms with Crippen LogP contribution in [0, 0.1) is 11.6 Å². The number of fused-ring (bicyclic) bond motifs is 1. The van der Waals surface area contributed by atoms with E-state index in [1.807, 2.05) is 0 Å². The second-order valence-corrected chi connectivity index (χ2v) is 5.43. The first-order valence-electron chi connectivity index (χ1n) is 7.66. The Morgan fingerprint density at radius 1 is 1.15 bits per heavy atom. The third-order valence-corrected chi connectivity index (χ3v) is 3.52. The number of nitrogens with zero attached hydrogens (tertiary/aromatic N) is 6. The van der Waals surface area contributed by atoms with E-state index in [1.165, 1.54) is 40.6 Å². The maximum Gasteiger partial charge on any atom is 0.262 e. The highest BCUT2D eigenvalue weighted by Crippen LogP contribution is 2.22. The average molecular weight is 371 g/mol. The van der Waals surface area contributed by atoms with Gasteiger partial charge in [-0.2, -0.15) is 10.2 Å². The normalized spacial score (nSPS) is 13.0. The van der Waals surface area contributed by atoms with E-state index in [0.29, 0.717) is 5.82 Å². The number of hydrogen-bond donors (Lipinski definition) is 1. The summed E-state index contributed by atoms with van der Waals surface area (Å²) < 4.78 is 27.7. The van der Waals surface area contributed by atoms with Crippen molar-refractivity contribution in [1.29, 1.82) is 0 Å². The fourth-order valence-corrected chi connectivity index (χ4v) is 2.38. The van der Waals surface area contributed by atoms with Crippen molar-refractivity contribution in [2.24, 2.45) is 0 Å². The van der Waals surface area contributed by atoms with Gasteiger partial charge in [-0.3, -0.25) is 9.78 Å². The third-order valence-electron chi connectivity index (χ3n) is 3.52. The fourth-order valence-electron chi connectivity index (χ4n) is 2.38. The number of carbonyl (C=O) groups excluding carboxylic acids is 1. The highest BCUT2D eigenvalue weighted by atomic mass is 19.1. The molecule has 27 heavy (non-hydrogen) atoms. The summed E-state index contributed by atoms with van der Waals surface area (Å²) in [7, 11) is 0. The van der Waals surface area contributed by atoms with Crippen molar-refractivity contribution < 1.29 is 18.4 Å². The fraction of sp³-hybridized carbons (Fsp3) is 0.0625. The lowest BCUT2D eigenvalue weighted by Crippen LogP contribution is -2.33. The van der Waals surface area contributed by atoms with Crippen LogP contribution in [0.3, 0.4) is 0 Å². The van der Waals surface area contributed by atoms with Gasteiger partial charge in [-0.1, -0.05) is 0 Å². The van der Waals surface area contributed by atoms with E-state index >= 15 is 0 Å². The summed E-state index contributed by atoms with van der Waals surface area (Å²) in [6, 6.07) is 3.65. The van der Waals surface area contributed by atoms with Crippen LogP contribution >= 0.6 is 0 Å². The number of rotatable bonds is 4. The minimum Gasteiger partial charge on any atom is -0.377 e. The smallest absolute Gasteiger partial charge is 0.262 e. The van der Waals surface area contributed by atoms with Crippen LogP contribution in [0.25, 0.3) is 5.57 Å². The lowest BCUT2D eigenvalue weighted by atomic mass is 10.2. The molecule has 0 aliphatic carbocycles. The number of hydroxylamine groups is 2. The summed E-state index contributed by atoms with van der Waals surface area (Å²) in [5.74, 6) is -1.00. The minimum atomic E-state index is -0.560. The van der Waals surface area contributed by atoms with Crippen molar-refractivity contribution >= 4 is 17.3 Å². The number of halogens is 2. The molecule has 0 saturated carbocycles. The van der Waals surface area contributed by atoms with Crippen LogP contribution in [-0.2, 0) is 11.5 Å². The van der Waals surface area contributed by atoms with Crippen LogP contribution in [0.5, 0.6) is 5.75 Å². The van der Waals surface area contributed by atoms with Crippen molar-refractivity contribution in [2.75, 3.05) is 5.32 Å². The molecule has 0 saturated heterocycles. The van der Waals surface area contributed by atoms with Crippen LogP contribution in [0.2, 0.25) is 0 Å². The number of nitrogens with one attached hydrogen (secondary N) is 1. The van der Waals surface area contributed by atoms with Gasteiger partial charge < -0.3 is 10.2 Å². The van der Waals surface area contributed by atoms with Gasteiger partial charge in [-0.15, -0.1) is 0 Å². The quantitative estimate of drug-likeness (QED) is 0.744. The Balaban J connectivity index is 1.59. The first-order valence-corrected chi connectivity index (χ1v) is 7.66. The molecule has 1 aliphatic heterocycles. The van der Waals surface area contributed by atoms with Crippen LogP contribution in [0.1, 0.15) is 5.82 Å². The molecule has 1 aliphatic rings. The zero-order valence-electron chi connectivity index (χ0n) is 13.6. The van der Waals surface area contributed by atoms with E-state index in [4.69, 9.17) is 4.84 Å². The molecule has 136 valence electrons. The Labute approximate surface area is 150 Å². The predicted molar refractivity (Wildman–Crippen MR) is 87.5 cm³/mol. The summed E-state index contributed by atoms with van der Waals surface area (Å²) in [5.41, 5.74) is 0.134. The Hall–Kier alpha value is -3.89. The lowest BCUT2D eigenvalue weighted by Gasteiger charge is -2.25. The molecule has 0 fully saturated rings. The summed E-state index contributed by atoms with van der Waals surface area (Å²) in [4.78, 5) is 29.7. The number of amides is 1. The summed E-state index contributed by atoms with van der Waals surface area (Å²) in [5, 5.41) is 7.85. The largest absolute Gasteiger partial charge is 0.377 e. The molecule has 1 amide bonds. The zero-order valence-corrected chi connectivity index (χ0v) is 13.6. The summed E-state index contributed by atoms with van der Waals surface area (Å²) in [6.07, 6.45) is 6.05. The third kappa shape index (κ3) is 3.56. The van der Waals surface area contributed by atoms with Gasteiger partial charge in [0.15, 0.2) is 11.6 Å². The predicted octanol–water partition coefficient (Wildman–Crippen LogP) is 1.59. The molecular weight excluding hydrogens is 360 g/mol. The van der Waals surface area contributed by atoms with Gasteiger partial charge in [0.2, 0.25) is 0 Å². The Morgan fingerprint density at radius 2 is 2.04 bits per heavy atom. The number of hydrogen-bond acceptors (Lipinski definition) is 7. The molecule has 9 nitrogen and oxygen atoms in total. The molecule has 11 heteroatoms. The molecule has 4 heterocycles. The van der Waals surface area contributed by atoms with Gasteiger partial charge in [0.25, 0.3) is 5.91 Å². The molecule has 1 N–H and O–H groups in total. The number of pyridine rings is 2. The Bertz CT molecular complexity index is 1020. The number of carbonyl (C=O) groups is 1. The molecule has 4 rings (SSSR count). The average Bonchev–Trinajstić information content (AvgIpc) is 3.11. The zero-order chi connectivity index (χ0) is 18.8. The Kier molecular flexibility index (Phi) is 4.16. The highest BCUT2D eigenvalue weighted by Gasteiger charge is 2.26. The standard InChI is InChI=1S/C16H11F2N7O2/c17-10-1-2-14(20-5-10)23-16(26)13-7-24(9-25-15(13)21-8-22-25)27-12-3-11(18)4-19-6-12/h1-8H,9H2,(H,20,23,26). The summed E-state index contributed by atoms with van der Waals surface area (Å²) >= 11 is 0. The van der Waals surface area contributed by atoms with E-state index in [1.54, 1.807) is 0 Å². The van der Waals surface area contributed by atoms with Gasteiger partial charge in [-0.05, 0) is 12.1 Å². The molecule has 0 atom stereocenters. The van der Waals surface area contributed by atoms with Crippen LogP contribution in [-0.4, -0.2) is 35.7 Å². The van der Waals surface area contributed by atoms with Crippen LogP contribution in [0.15, 0.2) is 49.3 Å². The van der Waals surface area contributed by atoms with Crippen molar-refractivity contribution in [3.8, 4) is 5.75 Å². The molecule has 3 aromatic rings. The van der Waals surface area contributed by atoms with Gasteiger partial charge in [0.05, 0.1) is 24.8 Å². The van der Waals surface area contributed by atoms with Crippen molar-refractivity contribution in [3.05, 3.63) is 66.8 Å². The maximum atomic E-state index is 13.3. The van der Waals surface area contributed by atoms with E-state index in [9.17, 15) is 13.6 Å². The topological polar surface area (TPSA) is 98.1 Å². The van der Waals surface area contributed by atoms with E-state index in [2.05, 4.69) is 25.4 Å². The van der Waals surface area contributed by atoms with Crippen molar-refractivity contribution in [1.82, 2.24) is 29.8 Å². The van der Waals surface area contributed by atoms with Crippen LogP contribution < -0.4 is 10.2 Å². The van der Waals surface area contributed by atoms with Gasteiger partial charge in [0, 0.05) is 6.07 Å². The molecule has 0 radical (unpaired) electrons. The molecular formula is C16H11F2N7O2. The van der Waals surface area contributed by atoms with Crippen molar-refractivity contribution in [2.45, 2.75) is 6.67 Å². The van der Waals surface area contributed by atoms with Gasteiger partial charge in [-0.25, -0.2) is 23.4 Å².